The first-order valence-electron chi connectivity index (χ1n) is 9.72. The second-order valence-corrected chi connectivity index (χ2v) is 8.96. The molecular formula is C19H26F2N6O. The highest BCUT2D eigenvalue weighted by Crippen LogP contribution is 2.42. The second kappa shape index (κ2) is 6.63. The quantitative estimate of drug-likeness (QED) is 0.804. The van der Waals surface area contributed by atoms with Crippen LogP contribution in [0.5, 0.6) is 0 Å². The molecule has 2 unspecified atom stereocenters. The van der Waals surface area contributed by atoms with E-state index >= 15 is 0 Å². The number of nitrogens with zero attached hydrogens (tertiary/aromatic N) is 6. The standard InChI is InChI=1S/C19H26F2N6O/c1-19(2,3)15-10-26(24-22-15)13-7-11-5-6-12(8-13)27(11)18(28)14-9-25(4)23-16(14)17(20)21/h9-13,17H,5-8H2,1-4H3. The molecule has 0 saturated carbocycles. The lowest BCUT2D eigenvalue weighted by molar-refractivity contribution is 0.0513. The van der Waals surface area contributed by atoms with Crippen molar-refractivity contribution in [2.45, 2.75) is 76.4 Å². The van der Waals surface area contributed by atoms with Crippen LogP contribution in [0, 0.1) is 0 Å². The van der Waals surface area contributed by atoms with Gasteiger partial charge >= 0.3 is 0 Å². The van der Waals surface area contributed by atoms with Gasteiger partial charge in [-0.3, -0.25) is 9.48 Å². The van der Waals surface area contributed by atoms with Crippen molar-refractivity contribution >= 4 is 5.91 Å². The molecule has 0 spiro atoms. The van der Waals surface area contributed by atoms with Gasteiger partial charge in [0.1, 0.15) is 5.69 Å². The zero-order valence-electron chi connectivity index (χ0n) is 16.6. The number of amides is 1. The number of hydrogen-bond donors (Lipinski definition) is 0. The number of rotatable bonds is 3. The lowest BCUT2D eigenvalue weighted by Crippen LogP contribution is -2.47. The van der Waals surface area contributed by atoms with Crippen LogP contribution in [0.25, 0.3) is 0 Å². The average molecular weight is 392 g/mol. The van der Waals surface area contributed by atoms with Crippen molar-refractivity contribution < 1.29 is 13.6 Å². The maximum absolute atomic E-state index is 13.3. The van der Waals surface area contributed by atoms with Crippen LogP contribution in [0.15, 0.2) is 12.4 Å². The molecule has 2 aliphatic rings. The Morgan fingerprint density at radius 1 is 1.14 bits per heavy atom. The van der Waals surface area contributed by atoms with Gasteiger partial charge in [0.2, 0.25) is 0 Å². The lowest BCUT2D eigenvalue weighted by Gasteiger charge is -2.38. The number of aromatic nitrogens is 5. The average Bonchev–Trinajstić information content (AvgIpc) is 3.30. The molecule has 0 radical (unpaired) electrons. The van der Waals surface area contributed by atoms with Gasteiger partial charge in [0.05, 0.1) is 17.3 Å². The summed E-state index contributed by atoms with van der Waals surface area (Å²) >= 11 is 0. The number of aryl methyl sites for hydroxylation is 1. The summed E-state index contributed by atoms with van der Waals surface area (Å²) in [6, 6.07) is 0.238. The summed E-state index contributed by atoms with van der Waals surface area (Å²) in [5.74, 6) is -0.330. The highest BCUT2D eigenvalue weighted by Gasteiger charge is 2.45. The van der Waals surface area contributed by atoms with E-state index in [2.05, 4.69) is 36.2 Å². The molecule has 2 fully saturated rings. The molecule has 28 heavy (non-hydrogen) atoms. The Balaban J connectivity index is 1.55. The normalized spacial score (nSPS) is 25.0. The number of halogens is 2. The third kappa shape index (κ3) is 3.20. The van der Waals surface area contributed by atoms with Crippen molar-refractivity contribution in [2.75, 3.05) is 0 Å². The van der Waals surface area contributed by atoms with E-state index in [-0.39, 0.29) is 35.0 Å². The summed E-state index contributed by atoms with van der Waals surface area (Å²) in [6.07, 6.45) is 3.94. The Bertz CT molecular complexity index is 869. The Labute approximate surface area is 162 Å². The van der Waals surface area contributed by atoms with E-state index in [1.54, 1.807) is 11.9 Å². The predicted octanol–water partition coefficient (Wildman–Crippen LogP) is 3.26. The summed E-state index contributed by atoms with van der Waals surface area (Å²) in [6.45, 7) is 6.29. The fourth-order valence-electron chi connectivity index (χ4n) is 4.47. The number of piperidine rings is 1. The molecule has 2 aliphatic heterocycles. The highest BCUT2D eigenvalue weighted by molar-refractivity contribution is 5.96. The van der Waals surface area contributed by atoms with Gasteiger partial charge in [-0.25, -0.2) is 13.5 Å². The molecule has 4 rings (SSSR count). The molecule has 2 atom stereocenters. The summed E-state index contributed by atoms with van der Waals surface area (Å²) in [7, 11) is 1.56. The molecule has 7 nitrogen and oxygen atoms in total. The van der Waals surface area contributed by atoms with Crippen LogP contribution in [0.3, 0.4) is 0 Å². The molecule has 0 aromatic carbocycles. The van der Waals surface area contributed by atoms with Gasteiger partial charge in [-0.2, -0.15) is 5.10 Å². The highest BCUT2D eigenvalue weighted by atomic mass is 19.3. The molecule has 0 N–H and O–H groups in total. The lowest BCUT2D eigenvalue weighted by atomic mass is 9.92. The van der Waals surface area contributed by atoms with Gasteiger partial charge in [-0.1, -0.05) is 26.0 Å². The third-order valence-electron chi connectivity index (χ3n) is 5.89. The zero-order chi connectivity index (χ0) is 20.2. The molecule has 4 heterocycles. The summed E-state index contributed by atoms with van der Waals surface area (Å²) < 4.78 is 29.8. The van der Waals surface area contributed by atoms with E-state index in [0.717, 1.165) is 31.4 Å². The van der Waals surface area contributed by atoms with Gasteiger partial charge in [-0.15, -0.1) is 5.10 Å². The van der Waals surface area contributed by atoms with Crippen molar-refractivity contribution in [1.29, 1.82) is 0 Å². The molecule has 152 valence electrons. The van der Waals surface area contributed by atoms with E-state index in [9.17, 15) is 13.6 Å². The molecule has 9 heteroatoms. The molecule has 2 aromatic rings. The number of alkyl halides is 2. The Hall–Kier alpha value is -2.32. The summed E-state index contributed by atoms with van der Waals surface area (Å²) in [5.41, 5.74) is 0.457. The first kappa shape index (κ1) is 19.0. The maximum atomic E-state index is 13.3. The largest absolute Gasteiger partial charge is 0.332 e. The number of hydrogen-bond acceptors (Lipinski definition) is 4. The smallest absolute Gasteiger partial charge is 0.282 e. The summed E-state index contributed by atoms with van der Waals surface area (Å²) in [4.78, 5) is 14.9. The first-order chi connectivity index (χ1) is 13.1. The van der Waals surface area contributed by atoms with Crippen LogP contribution >= 0.6 is 0 Å². The second-order valence-electron chi connectivity index (χ2n) is 8.96. The van der Waals surface area contributed by atoms with Crippen LogP contribution in [0.4, 0.5) is 8.78 Å². The van der Waals surface area contributed by atoms with Gasteiger partial charge < -0.3 is 4.90 Å². The van der Waals surface area contributed by atoms with Crippen LogP contribution in [0.2, 0.25) is 0 Å². The topological polar surface area (TPSA) is 68.8 Å². The first-order valence-corrected chi connectivity index (χ1v) is 9.72. The van der Waals surface area contributed by atoms with Crippen molar-refractivity contribution in [3.63, 3.8) is 0 Å². The fraction of sp³-hybridized carbons (Fsp3) is 0.684. The van der Waals surface area contributed by atoms with Crippen molar-refractivity contribution in [3.8, 4) is 0 Å². The van der Waals surface area contributed by atoms with E-state index < -0.39 is 12.1 Å². The minimum atomic E-state index is -2.76. The molecule has 1 amide bonds. The third-order valence-corrected chi connectivity index (χ3v) is 5.89. The minimum Gasteiger partial charge on any atom is -0.332 e. The fourth-order valence-corrected chi connectivity index (χ4v) is 4.47. The number of carbonyl (C=O) groups excluding carboxylic acids is 1. The predicted molar refractivity (Wildman–Crippen MR) is 98.1 cm³/mol. The van der Waals surface area contributed by atoms with Crippen molar-refractivity contribution in [3.05, 3.63) is 29.3 Å². The molecule has 2 saturated heterocycles. The zero-order valence-corrected chi connectivity index (χ0v) is 16.6. The maximum Gasteiger partial charge on any atom is 0.282 e. The van der Waals surface area contributed by atoms with E-state index in [4.69, 9.17) is 0 Å². The van der Waals surface area contributed by atoms with E-state index in [1.165, 1.54) is 10.9 Å². The summed E-state index contributed by atoms with van der Waals surface area (Å²) in [5, 5.41) is 12.4. The van der Waals surface area contributed by atoms with Crippen molar-refractivity contribution in [1.82, 2.24) is 29.7 Å². The van der Waals surface area contributed by atoms with Gasteiger partial charge in [-0.05, 0) is 25.7 Å². The van der Waals surface area contributed by atoms with Crippen LogP contribution in [-0.2, 0) is 12.5 Å². The SMILES string of the molecule is Cn1cc(C(=O)N2C3CCC2CC(n2cc(C(C)(C)C)nn2)C3)c(C(F)F)n1. The van der Waals surface area contributed by atoms with E-state index in [0.29, 0.717) is 0 Å². The Kier molecular flexibility index (Phi) is 4.50. The van der Waals surface area contributed by atoms with Crippen LogP contribution in [0.1, 0.15) is 80.7 Å². The van der Waals surface area contributed by atoms with Crippen LogP contribution in [-0.4, -0.2) is 47.7 Å². The number of fused-ring (bicyclic) bond motifs is 2. The van der Waals surface area contributed by atoms with E-state index in [1.807, 2.05) is 10.9 Å². The van der Waals surface area contributed by atoms with Crippen LogP contribution < -0.4 is 0 Å². The molecule has 0 aliphatic carbocycles. The molecule has 2 bridgehead atoms. The molecule has 2 aromatic heterocycles. The Morgan fingerprint density at radius 2 is 1.79 bits per heavy atom. The van der Waals surface area contributed by atoms with Gasteiger partial charge in [0.25, 0.3) is 12.3 Å². The van der Waals surface area contributed by atoms with Crippen molar-refractivity contribution in [2.24, 2.45) is 7.05 Å². The molecular weight excluding hydrogens is 366 g/mol. The monoisotopic (exact) mass is 392 g/mol. The minimum absolute atomic E-state index is 0.0172. The Morgan fingerprint density at radius 3 is 2.32 bits per heavy atom. The number of carbonyl (C=O) groups is 1. The van der Waals surface area contributed by atoms with Gasteiger partial charge in [0.15, 0.2) is 0 Å². The van der Waals surface area contributed by atoms with Gasteiger partial charge in [0, 0.05) is 36.9 Å².